The molecule has 2 aromatic carbocycles. The first kappa shape index (κ1) is 28.2. The number of hydrogen-bond acceptors (Lipinski definition) is 12. The third kappa shape index (κ3) is 4.79. The predicted molar refractivity (Wildman–Crippen MR) is 121 cm³/mol. The van der Waals surface area contributed by atoms with Crippen molar-refractivity contribution >= 4 is 11.9 Å². The third-order valence-electron chi connectivity index (χ3n) is 5.10. The van der Waals surface area contributed by atoms with Gasteiger partial charge in [-0.25, -0.2) is 8.78 Å². The van der Waals surface area contributed by atoms with Gasteiger partial charge in [-0.3, -0.25) is 0 Å². The van der Waals surface area contributed by atoms with E-state index < -0.39 is 105 Å². The standard InChI is InChI=1S/C22H12F8N8O4/c1-37(2)17-31-19-35-20(32-17)40-14-8(26)6(24)10(28)16(12(14)30)42-22-34-18(38(3)4)33-21(36-22)41-15-9(27)5(23)7(25)13(39-19)11(15)29/h1-4H3. The number of halogens is 8. The van der Waals surface area contributed by atoms with Gasteiger partial charge in [-0.15, -0.1) is 9.97 Å². The van der Waals surface area contributed by atoms with Gasteiger partial charge in [-0.1, -0.05) is 0 Å². The molecule has 42 heavy (non-hydrogen) atoms. The van der Waals surface area contributed by atoms with Gasteiger partial charge >= 0.3 is 24.0 Å². The molecular formula is C22H12F8N8O4. The van der Waals surface area contributed by atoms with Gasteiger partial charge in [0, 0.05) is 28.2 Å². The van der Waals surface area contributed by atoms with Gasteiger partial charge in [0.2, 0.25) is 81.4 Å². The lowest BCUT2D eigenvalue weighted by Gasteiger charge is -2.17. The van der Waals surface area contributed by atoms with Crippen LogP contribution >= 0.6 is 0 Å². The van der Waals surface area contributed by atoms with Crippen molar-refractivity contribution in [2.24, 2.45) is 0 Å². The van der Waals surface area contributed by atoms with Crippen LogP contribution in [0, 0.1) is 46.5 Å². The Morgan fingerprint density at radius 3 is 0.810 bits per heavy atom. The molecule has 1 aliphatic heterocycles. The largest absolute Gasteiger partial charge is 0.417 e. The van der Waals surface area contributed by atoms with Crippen molar-refractivity contribution in [3.05, 3.63) is 46.5 Å². The first-order chi connectivity index (χ1) is 19.8. The van der Waals surface area contributed by atoms with Crippen LogP contribution in [-0.4, -0.2) is 58.1 Å². The number of benzene rings is 2. The van der Waals surface area contributed by atoms with E-state index in [0.29, 0.717) is 0 Å². The molecule has 0 radical (unpaired) electrons. The number of anilines is 2. The summed E-state index contributed by atoms with van der Waals surface area (Å²) in [5, 5.41) is 0. The minimum atomic E-state index is -2.28. The summed E-state index contributed by atoms with van der Waals surface area (Å²) >= 11 is 0. The number of hydrogen-bond donors (Lipinski definition) is 0. The Hall–Kier alpha value is -5.30. The zero-order valence-corrected chi connectivity index (χ0v) is 21.2. The van der Waals surface area contributed by atoms with Crippen LogP contribution in [0.5, 0.6) is 47.0 Å². The monoisotopic (exact) mass is 604 g/mol. The average molecular weight is 604 g/mol. The number of nitrogens with zero attached hydrogens (tertiary/aromatic N) is 8. The molecule has 220 valence electrons. The van der Waals surface area contributed by atoms with Crippen LogP contribution in [0.4, 0.5) is 47.0 Å². The lowest BCUT2D eigenvalue weighted by molar-refractivity contribution is 0.294. The quantitative estimate of drug-likeness (QED) is 0.157. The Bertz CT molecular complexity index is 1530. The highest BCUT2D eigenvalue weighted by molar-refractivity contribution is 5.45. The first-order valence-corrected chi connectivity index (χ1v) is 11.1. The Kier molecular flexibility index (Phi) is 6.90. The lowest BCUT2D eigenvalue weighted by Crippen LogP contribution is -2.16. The Morgan fingerprint density at radius 1 is 0.357 bits per heavy atom. The summed E-state index contributed by atoms with van der Waals surface area (Å²) in [6.07, 6.45) is 0. The zero-order valence-electron chi connectivity index (χ0n) is 21.2. The zero-order chi connectivity index (χ0) is 30.6. The van der Waals surface area contributed by atoms with Crippen LogP contribution in [0.3, 0.4) is 0 Å². The van der Waals surface area contributed by atoms with Gasteiger partial charge in [0.25, 0.3) is 0 Å². The van der Waals surface area contributed by atoms with Crippen LogP contribution in [0.1, 0.15) is 0 Å². The molecule has 0 saturated carbocycles. The van der Waals surface area contributed by atoms with Crippen molar-refractivity contribution in [1.29, 1.82) is 0 Å². The maximum absolute atomic E-state index is 15.4. The normalized spacial score (nSPS) is 12.1. The highest BCUT2D eigenvalue weighted by atomic mass is 19.2. The molecule has 3 heterocycles. The molecule has 20 heteroatoms. The van der Waals surface area contributed by atoms with Crippen LogP contribution in [-0.2, 0) is 0 Å². The number of rotatable bonds is 2. The molecule has 1 aliphatic rings. The van der Waals surface area contributed by atoms with Crippen LogP contribution < -0.4 is 28.7 Å². The summed E-state index contributed by atoms with van der Waals surface area (Å²) in [4.78, 5) is 23.9. The highest BCUT2D eigenvalue weighted by Crippen LogP contribution is 2.42. The van der Waals surface area contributed by atoms with Crippen LogP contribution in [0.2, 0.25) is 0 Å². The van der Waals surface area contributed by atoms with E-state index in [1.165, 1.54) is 28.2 Å². The van der Waals surface area contributed by atoms with E-state index in [1.54, 1.807) is 0 Å². The Balaban J connectivity index is 1.84. The van der Waals surface area contributed by atoms with Crippen LogP contribution in [0.25, 0.3) is 0 Å². The van der Waals surface area contributed by atoms with E-state index in [0.717, 1.165) is 9.80 Å². The second-order valence-electron chi connectivity index (χ2n) is 8.43. The molecule has 0 atom stereocenters. The minimum Gasteiger partial charge on any atom is -0.417 e. The highest BCUT2D eigenvalue weighted by Gasteiger charge is 2.33. The molecule has 0 amide bonds. The van der Waals surface area contributed by atoms with E-state index in [4.69, 9.17) is 18.9 Å². The van der Waals surface area contributed by atoms with E-state index in [-0.39, 0.29) is 0 Å². The summed E-state index contributed by atoms with van der Waals surface area (Å²) in [6.45, 7) is 0. The SMILES string of the molecule is CN(C)c1nc2nc(n1)Oc1c(F)c(F)c(F)c(c1F)Oc1nc(nc(N(C)C)n1)Oc1c(F)c(F)c(F)c(c1F)O2. The molecule has 12 nitrogen and oxygen atoms in total. The Morgan fingerprint density at radius 2 is 0.595 bits per heavy atom. The number of ether oxygens (including phenoxy) is 4. The summed E-state index contributed by atoms with van der Waals surface area (Å²) in [7, 11) is 5.31. The van der Waals surface area contributed by atoms with Crippen molar-refractivity contribution in [2.75, 3.05) is 38.0 Å². The first-order valence-electron chi connectivity index (χ1n) is 11.1. The summed E-state index contributed by atoms with van der Waals surface area (Å²) in [5.74, 6) is -24.8. The second-order valence-corrected chi connectivity index (χ2v) is 8.43. The average Bonchev–Trinajstić information content (AvgIpc) is 2.95. The number of aromatic nitrogens is 6. The van der Waals surface area contributed by atoms with Crippen molar-refractivity contribution in [1.82, 2.24) is 29.9 Å². The van der Waals surface area contributed by atoms with Gasteiger partial charge in [0.1, 0.15) is 0 Å². The fourth-order valence-electron chi connectivity index (χ4n) is 3.15. The molecule has 4 aromatic rings. The maximum atomic E-state index is 15.4. The van der Waals surface area contributed by atoms with Gasteiger partial charge in [-0.05, 0) is 0 Å². The third-order valence-corrected chi connectivity index (χ3v) is 5.10. The molecule has 0 spiro atoms. The van der Waals surface area contributed by atoms with Gasteiger partial charge in [0.15, 0.2) is 0 Å². The van der Waals surface area contributed by atoms with Crippen molar-refractivity contribution in [3.63, 3.8) is 0 Å². The molecule has 0 aliphatic carbocycles. The molecule has 0 fully saturated rings. The fraction of sp³-hybridized carbons (Fsp3) is 0.182. The van der Waals surface area contributed by atoms with Crippen molar-refractivity contribution < 1.29 is 54.1 Å². The molecule has 8 bridgehead atoms. The maximum Gasteiger partial charge on any atom is 0.330 e. The van der Waals surface area contributed by atoms with E-state index in [9.17, 15) is 26.3 Å². The minimum absolute atomic E-state index is 0.445. The van der Waals surface area contributed by atoms with E-state index in [1.807, 2.05) is 0 Å². The summed E-state index contributed by atoms with van der Waals surface area (Å²) < 4.78 is 138. The topological polar surface area (TPSA) is 121 Å². The molecule has 2 aromatic heterocycles. The smallest absolute Gasteiger partial charge is 0.330 e. The van der Waals surface area contributed by atoms with Gasteiger partial charge in [-0.2, -0.15) is 46.3 Å². The van der Waals surface area contributed by atoms with Crippen LogP contribution in [0.15, 0.2) is 0 Å². The van der Waals surface area contributed by atoms with E-state index in [2.05, 4.69) is 29.9 Å². The van der Waals surface area contributed by atoms with Crippen molar-refractivity contribution in [2.45, 2.75) is 0 Å². The van der Waals surface area contributed by atoms with Crippen molar-refractivity contribution in [3.8, 4) is 47.0 Å². The van der Waals surface area contributed by atoms with E-state index >= 15 is 8.78 Å². The molecular weight excluding hydrogens is 592 g/mol. The molecule has 0 saturated heterocycles. The fourth-order valence-corrected chi connectivity index (χ4v) is 3.15. The molecule has 5 rings (SSSR count). The summed E-state index contributed by atoms with van der Waals surface area (Å²) in [6, 6.07) is -4.38. The predicted octanol–water partition coefficient (Wildman–Crippen LogP) is 4.78. The number of fused-ring (bicyclic) bond motifs is 8. The molecule has 0 N–H and O–H groups in total. The second kappa shape index (κ2) is 10.3. The molecule has 0 unspecified atom stereocenters. The Labute approximate surface area is 228 Å². The summed E-state index contributed by atoms with van der Waals surface area (Å²) in [5.41, 5.74) is 0. The van der Waals surface area contributed by atoms with Gasteiger partial charge < -0.3 is 28.7 Å². The lowest BCUT2D eigenvalue weighted by atomic mass is 10.2. The van der Waals surface area contributed by atoms with Gasteiger partial charge in [0.05, 0.1) is 0 Å².